The van der Waals surface area contributed by atoms with Gasteiger partial charge in [-0.3, -0.25) is 10.9 Å². The van der Waals surface area contributed by atoms with Crippen LogP contribution >= 0.6 is 0 Å². The predicted molar refractivity (Wildman–Crippen MR) is 92.6 cm³/mol. The number of hydrogen-bond acceptors (Lipinski definition) is 2. The molecule has 5 N–H and O–H groups in total. The van der Waals surface area contributed by atoms with Gasteiger partial charge in [-0.2, -0.15) is 0 Å². The molecule has 6 heteroatoms. The van der Waals surface area contributed by atoms with Crippen LogP contribution in [0.25, 0.3) is 0 Å². The zero-order valence-electron chi connectivity index (χ0n) is 14.2. The maximum absolute atomic E-state index is 12.2. The van der Waals surface area contributed by atoms with E-state index in [1.54, 1.807) is 9.80 Å². The van der Waals surface area contributed by atoms with Gasteiger partial charge in [-0.05, 0) is 18.6 Å². The number of benzene rings is 1. The van der Waals surface area contributed by atoms with Crippen molar-refractivity contribution in [3.8, 4) is 0 Å². The first-order valence-electron chi connectivity index (χ1n) is 8.96. The number of quaternary nitrogens is 2. The average molecular weight is 329 g/mol. The number of para-hydroxylation sites is 1. The third-order valence-electron chi connectivity index (χ3n) is 5.83. The maximum atomic E-state index is 12.2. The second-order valence-corrected chi connectivity index (χ2v) is 7.39. The van der Waals surface area contributed by atoms with Crippen LogP contribution in [0.2, 0.25) is 0 Å². The SMILES string of the molecule is CCC12C[NH+]3CC[NH+](CC(=C1NNC(=O)Nc1ccccc1)C3)C2. The van der Waals surface area contributed by atoms with Gasteiger partial charge >= 0.3 is 6.03 Å². The fourth-order valence-corrected chi connectivity index (χ4v) is 4.70. The third-order valence-corrected chi connectivity index (χ3v) is 5.83. The number of amides is 2. The predicted octanol–water partition coefficient (Wildman–Crippen LogP) is -1.23. The van der Waals surface area contributed by atoms with Crippen molar-refractivity contribution in [3.63, 3.8) is 0 Å². The number of hydrazine groups is 1. The molecule has 0 saturated carbocycles. The van der Waals surface area contributed by atoms with Crippen LogP contribution in [0.5, 0.6) is 0 Å². The average Bonchev–Trinajstić information content (AvgIpc) is 2.83. The van der Waals surface area contributed by atoms with Gasteiger partial charge < -0.3 is 15.1 Å². The second kappa shape index (κ2) is 6.11. The van der Waals surface area contributed by atoms with Crippen molar-refractivity contribution in [2.45, 2.75) is 13.3 Å². The molecule has 128 valence electrons. The lowest BCUT2D eigenvalue weighted by Crippen LogP contribution is -3.14. The molecule has 5 rings (SSSR count). The van der Waals surface area contributed by atoms with Crippen LogP contribution in [0.1, 0.15) is 13.3 Å². The van der Waals surface area contributed by atoms with Crippen molar-refractivity contribution < 1.29 is 14.6 Å². The maximum Gasteiger partial charge on any atom is 0.337 e. The summed E-state index contributed by atoms with van der Waals surface area (Å²) < 4.78 is 0. The third kappa shape index (κ3) is 2.76. The highest BCUT2D eigenvalue weighted by atomic mass is 16.2. The zero-order chi connectivity index (χ0) is 16.6. The van der Waals surface area contributed by atoms with Crippen molar-refractivity contribution in [1.29, 1.82) is 0 Å². The van der Waals surface area contributed by atoms with E-state index in [0.29, 0.717) is 0 Å². The lowest BCUT2D eigenvalue weighted by molar-refractivity contribution is -0.918. The summed E-state index contributed by atoms with van der Waals surface area (Å²) in [6.45, 7) is 9.43. The van der Waals surface area contributed by atoms with Gasteiger partial charge in [0.15, 0.2) is 0 Å². The Morgan fingerprint density at radius 3 is 2.42 bits per heavy atom. The minimum Gasteiger partial charge on any atom is -0.326 e. The van der Waals surface area contributed by atoms with Crippen LogP contribution in [-0.2, 0) is 0 Å². The fourth-order valence-electron chi connectivity index (χ4n) is 4.70. The largest absolute Gasteiger partial charge is 0.337 e. The summed E-state index contributed by atoms with van der Waals surface area (Å²) in [6, 6.07) is 9.31. The molecular formula is C18H27N5O+2. The number of nitrogens with one attached hydrogen (secondary N) is 5. The molecule has 4 bridgehead atoms. The molecule has 0 radical (unpaired) electrons. The van der Waals surface area contributed by atoms with E-state index < -0.39 is 0 Å². The van der Waals surface area contributed by atoms with Crippen molar-refractivity contribution in [2.24, 2.45) is 5.41 Å². The summed E-state index contributed by atoms with van der Waals surface area (Å²) >= 11 is 0. The number of fused-ring (bicyclic) bond motifs is 1. The van der Waals surface area contributed by atoms with Gasteiger partial charge in [-0.25, -0.2) is 4.79 Å². The van der Waals surface area contributed by atoms with E-state index in [-0.39, 0.29) is 11.4 Å². The van der Waals surface area contributed by atoms with Crippen molar-refractivity contribution in [2.75, 3.05) is 44.6 Å². The number of urea groups is 1. The highest BCUT2D eigenvalue weighted by molar-refractivity contribution is 5.88. The Kier molecular flexibility index (Phi) is 3.94. The van der Waals surface area contributed by atoms with E-state index in [0.717, 1.165) is 25.2 Å². The van der Waals surface area contributed by atoms with Gasteiger partial charge in [0.05, 0.1) is 24.4 Å². The Morgan fingerprint density at radius 1 is 1.12 bits per heavy atom. The van der Waals surface area contributed by atoms with Gasteiger partial charge in [0.2, 0.25) is 0 Å². The monoisotopic (exact) mass is 329 g/mol. The summed E-state index contributed by atoms with van der Waals surface area (Å²) in [5, 5.41) is 2.86. The Hall–Kier alpha value is -2.05. The highest BCUT2D eigenvalue weighted by Crippen LogP contribution is 2.33. The van der Waals surface area contributed by atoms with E-state index >= 15 is 0 Å². The summed E-state index contributed by atoms with van der Waals surface area (Å²) in [4.78, 5) is 15.6. The topological polar surface area (TPSA) is 62.0 Å². The highest BCUT2D eigenvalue weighted by Gasteiger charge is 2.52. The molecule has 6 nitrogen and oxygen atoms in total. The molecule has 1 aromatic rings. The lowest BCUT2D eigenvalue weighted by atomic mass is 9.74. The van der Waals surface area contributed by atoms with E-state index in [1.165, 1.54) is 37.4 Å². The first-order chi connectivity index (χ1) is 11.7. The number of carbonyl (C=O) groups excluding carboxylic acids is 1. The van der Waals surface area contributed by atoms with Crippen LogP contribution < -0.4 is 26.0 Å². The molecule has 0 spiro atoms. The van der Waals surface area contributed by atoms with E-state index in [2.05, 4.69) is 23.1 Å². The van der Waals surface area contributed by atoms with Crippen molar-refractivity contribution in [3.05, 3.63) is 41.6 Å². The first-order valence-corrected chi connectivity index (χ1v) is 8.96. The van der Waals surface area contributed by atoms with Gasteiger partial charge in [0.25, 0.3) is 0 Å². The molecule has 4 aliphatic heterocycles. The Balaban J connectivity index is 1.47. The van der Waals surface area contributed by atoms with Crippen LogP contribution in [0.3, 0.4) is 0 Å². The lowest BCUT2D eigenvalue weighted by Gasteiger charge is -2.43. The molecule has 0 aliphatic carbocycles. The van der Waals surface area contributed by atoms with E-state index in [4.69, 9.17) is 0 Å². The molecule has 2 fully saturated rings. The minimum absolute atomic E-state index is 0.188. The molecular weight excluding hydrogens is 302 g/mol. The zero-order valence-corrected chi connectivity index (χ0v) is 14.2. The van der Waals surface area contributed by atoms with E-state index in [9.17, 15) is 4.79 Å². The number of rotatable bonds is 4. The normalized spacial score (nSPS) is 30.9. The molecule has 2 saturated heterocycles. The van der Waals surface area contributed by atoms with Gasteiger partial charge in [0.1, 0.15) is 31.6 Å². The number of hydrogen-bond donors (Lipinski definition) is 5. The Bertz CT molecular complexity index is 639. The van der Waals surface area contributed by atoms with Crippen molar-refractivity contribution >= 4 is 11.7 Å². The molecule has 4 heterocycles. The summed E-state index contributed by atoms with van der Waals surface area (Å²) in [6.07, 6.45) is 1.12. The quantitative estimate of drug-likeness (QED) is 0.450. The van der Waals surface area contributed by atoms with Gasteiger partial charge in [-0.15, -0.1) is 0 Å². The summed E-state index contributed by atoms with van der Waals surface area (Å²) in [5.41, 5.74) is 9.92. The molecule has 0 aromatic heterocycles. The molecule has 2 atom stereocenters. The summed E-state index contributed by atoms with van der Waals surface area (Å²) in [7, 11) is 0. The molecule has 2 unspecified atom stereocenters. The van der Waals surface area contributed by atoms with Crippen LogP contribution in [0.15, 0.2) is 41.6 Å². The molecule has 2 amide bonds. The standard InChI is InChI=1S/C18H25N5O/c1-2-18-12-22-8-9-23(13-18)11-14(10-22)16(18)20-21-17(24)19-15-6-4-3-5-7-15/h3-7,20H,2,8-13H2,1H3,(H2,19,21,24)/p+2. The molecule has 4 aliphatic rings. The summed E-state index contributed by atoms with van der Waals surface area (Å²) in [5.74, 6) is 0. The Morgan fingerprint density at radius 2 is 1.79 bits per heavy atom. The Labute approximate surface area is 142 Å². The van der Waals surface area contributed by atoms with E-state index in [1.807, 2.05) is 30.3 Å². The van der Waals surface area contributed by atoms with Crippen molar-refractivity contribution in [1.82, 2.24) is 10.9 Å². The van der Waals surface area contributed by atoms with Gasteiger partial charge in [0, 0.05) is 5.69 Å². The smallest absolute Gasteiger partial charge is 0.326 e. The van der Waals surface area contributed by atoms with Gasteiger partial charge in [-0.1, -0.05) is 25.1 Å². The first kappa shape index (κ1) is 15.5. The fraction of sp³-hybridized carbons (Fsp3) is 0.500. The molecule has 24 heavy (non-hydrogen) atoms. The van der Waals surface area contributed by atoms with Crippen LogP contribution in [-0.4, -0.2) is 45.3 Å². The number of anilines is 1. The van der Waals surface area contributed by atoms with Crippen LogP contribution in [0, 0.1) is 5.41 Å². The van der Waals surface area contributed by atoms with Crippen LogP contribution in [0.4, 0.5) is 10.5 Å². The molecule has 1 aromatic carbocycles. The minimum atomic E-state index is -0.215. The second-order valence-electron chi connectivity index (χ2n) is 7.39. The number of carbonyl (C=O) groups is 1.